The van der Waals surface area contributed by atoms with Crippen LogP contribution in [0.4, 0.5) is 0 Å². The second-order valence-corrected chi connectivity index (χ2v) is 5.05. The van der Waals surface area contributed by atoms with Crippen LogP contribution in [-0.2, 0) is 6.54 Å². The maximum atomic E-state index is 5.04. The maximum Gasteiger partial charge on any atom is 0.212 e. The highest BCUT2D eigenvalue weighted by Gasteiger charge is 2.09. The molecule has 1 atom stereocenters. The van der Waals surface area contributed by atoms with Crippen LogP contribution in [0.15, 0.2) is 35.8 Å². The summed E-state index contributed by atoms with van der Waals surface area (Å²) in [7, 11) is 1.63. The summed E-state index contributed by atoms with van der Waals surface area (Å²) in [5.74, 6) is 0.657. The summed E-state index contributed by atoms with van der Waals surface area (Å²) in [4.78, 5) is 5.59. The number of thiophene rings is 1. The number of ether oxygens (including phenoxy) is 1. The van der Waals surface area contributed by atoms with Crippen LogP contribution >= 0.6 is 11.3 Å². The monoisotopic (exact) mass is 262 g/mol. The number of nitrogens with one attached hydrogen (secondary N) is 1. The quantitative estimate of drug-likeness (QED) is 0.866. The van der Waals surface area contributed by atoms with E-state index in [4.69, 9.17) is 4.74 Å². The van der Waals surface area contributed by atoms with E-state index in [1.54, 1.807) is 18.4 Å². The lowest BCUT2D eigenvalue weighted by Crippen LogP contribution is -2.19. The maximum absolute atomic E-state index is 5.04. The Morgan fingerprint density at radius 3 is 2.83 bits per heavy atom. The molecule has 96 valence electrons. The summed E-state index contributed by atoms with van der Waals surface area (Å²) >= 11 is 1.80. The minimum absolute atomic E-state index is 0.423. The van der Waals surface area contributed by atoms with E-state index in [1.807, 2.05) is 18.3 Å². The Morgan fingerprint density at radius 1 is 1.39 bits per heavy atom. The van der Waals surface area contributed by atoms with Crippen molar-refractivity contribution < 1.29 is 4.74 Å². The van der Waals surface area contributed by atoms with Crippen LogP contribution in [0.5, 0.6) is 5.88 Å². The molecule has 0 aliphatic heterocycles. The fraction of sp³-hybridized carbons (Fsp3) is 0.357. The van der Waals surface area contributed by atoms with Gasteiger partial charge in [-0.3, -0.25) is 0 Å². The van der Waals surface area contributed by atoms with Gasteiger partial charge in [0.1, 0.15) is 0 Å². The highest BCUT2D eigenvalue weighted by molar-refractivity contribution is 7.10. The molecule has 0 bridgehead atoms. The van der Waals surface area contributed by atoms with Crippen LogP contribution in [0.3, 0.4) is 0 Å². The van der Waals surface area contributed by atoms with E-state index in [0.29, 0.717) is 11.9 Å². The predicted molar refractivity (Wildman–Crippen MR) is 75.0 cm³/mol. The Hall–Kier alpha value is -1.39. The summed E-state index contributed by atoms with van der Waals surface area (Å²) in [6.45, 7) is 3.02. The van der Waals surface area contributed by atoms with E-state index < -0.39 is 0 Å². The zero-order valence-electron chi connectivity index (χ0n) is 10.7. The van der Waals surface area contributed by atoms with Gasteiger partial charge in [0.05, 0.1) is 7.11 Å². The second kappa shape index (κ2) is 6.52. The van der Waals surface area contributed by atoms with Crippen LogP contribution < -0.4 is 10.1 Å². The fourth-order valence-electron chi connectivity index (χ4n) is 1.81. The molecule has 0 radical (unpaired) electrons. The average molecular weight is 262 g/mol. The topological polar surface area (TPSA) is 34.1 Å². The predicted octanol–water partition coefficient (Wildman–Crippen LogP) is 3.39. The van der Waals surface area contributed by atoms with Crippen LogP contribution in [0.2, 0.25) is 0 Å². The molecule has 0 aliphatic rings. The molecule has 0 spiro atoms. The normalized spacial score (nSPS) is 12.3. The Morgan fingerprint density at radius 2 is 2.28 bits per heavy atom. The number of hydrogen-bond acceptors (Lipinski definition) is 4. The van der Waals surface area contributed by atoms with Crippen molar-refractivity contribution in [3.63, 3.8) is 0 Å². The lowest BCUT2D eigenvalue weighted by atomic mass is 10.1. The van der Waals surface area contributed by atoms with Crippen molar-refractivity contribution >= 4 is 11.3 Å². The first-order valence-corrected chi connectivity index (χ1v) is 6.97. The molecule has 18 heavy (non-hydrogen) atoms. The molecular formula is C14H18N2OS. The van der Waals surface area contributed by atoms with Crippen LogP contribution in [0, 0.1) is 0 Å². The number of nitrogens with zero attached hydrogens (tertiary/aromatic N) is 1. The molecule has 2 heterocycles. The minimum atomic E-state index is 0.423. The molecule has 0 fully saturated rings. The van der Waals surface area contributed by atoms with Crippen molar-refractivity contribution in [2.24, 2.45) is 0 Å². The first-order chi connectivity index (χ1) is 8.83. The van der Waals surface area contributed by atoms with Crippen molar-refractivity contribution in [3.8, 4) is 5.88 Å². The van der Waals surface area contributed by atoms with Gasteiger partial charge in [-0.05, 0) is 23.4 Å². The van der Waals surface area contributed by atoms with Crippen molar-refractivity contribution in [1.29, 1.82) is 0 Å². The van der Waals surface area contributed by atoms with Gasteiger partial charge >= 0.3 is 0 Å². The molecule has 2 rings (SSSR count). The van der Waals surface area contributed by atoms with Crippen molar-refractivity contribution in [3.05, 3.63) is 46.3 Å². The molecule has 0 amide bonds. The van der Waals surface area contributed by atoms with Crippen LogP contribution in [0.1, 0.15) is 29.8 Å². The van der Waals surface area contributed by atoms with Crippen molar-refractivity contribution in [2.45, 2.75) is 25.9 Å². The minimum Gasteiger partial charge on any atom is -0.481 e. The third-order valence-corrected chi connectivity index (χ3v) is 3.84. The molecule has 2 aromatic rings. The van der Waals surface area contributed by atoms with Crippen LogP contribution in [0.25, 0.3) is 0 Å². The van der Waals surface area contributed by atoms with Gasteiger partial charge in [-0.25, -0.2) is 4.98 Å². The SMILES string of the molecule is CCC(NCc1ccc(OC)nc1)c1cccs1. The number of aromatic nitrogens is 1. The molecule has 0 aliphatic carbocycles. The van der Waals surface area contributed by atoms with E-state index in [2.05, 4.69) is 34.7 Å². The largest absolute Gasteiger partial charge is 0.481 e. The Bertz CT molecular complexity index is 453. The van der Waals surface area contributed by atoms with Gasteiger partial charge in [-0.15, -0.1) is 11.3 Å². The van der Waals surface area contributed by atoms with E-state index in [0.717, 1.165) is 13.0 Å². The highest BCUT2D eigenvalue weighted by Crippen LogP contribution is 2.22. The standard InChI is InChI=1S/C14H18N2OS/c1-3-12(13-5-4-8-18-13)15-9-11-6-7-14(17-2)16-10-11/h4-8,10,12,15H,3,9H2,1-2H3. The molecule has 0 saturated carbocycles. The first kappa shape index (κ1) is 13.1. The van der Waals surface area contributed by atoms with E-state index in [1.165, 1.54) is 10.4 Å². The molecule has 0 saturated heterocycles. The van der Waals surface area contributed by atoms with E-state index in [9.17, 15) is 0 Å². The fourth-order valence-corrected chi connectivity index (χ4v) is 2.70. The zero-order valence-corrected chi connectivity index (χ0v) is 11.5. The summed E-state index contributed by atoms with van der Waals surface area (Å²) in [5, 5.41) is 5.67. The zero-order chi connectivity index (χ0) is 12.8. The summed E-state index contributed by atoms with van der Waals surface area (Å²) in [5.41, 5.74) is 1.17. The number of methoxy groups -OCH3 is 1. The van der Waals surface area contributed by atoms with Gasteiger partial charge in [0.25, 0.3) is 0 Å². The first-order valence-electron chi connectivity index (χ1n) is 6.09. The second-order valence-electron chi connectivity index (χ2n) is 4.07. The molecule has 3 nitrogen and oxygen atoms in total. The molecular weight excluding hydrogens is 244 g/mol. The van der Waals surface area contributed by atoms with Gasteiger partial charge in [-0.2, -0.15) is 0 Å². The number of rotatable bonds is 6. The average Bonchev–Trinajstić information content (AvgIpc) is 2.94. The van der Waals surface area contributed by atoms with Crippen LogP contribution in [-0.4, -0.2) is 12.1 Å². The molecule has 1 N–H and O–H groups in total. The number of pyridine rings is 1. The third kappa shape index (κ3) is 3.31. The van der Waals surface area contributed by atoms with Crippen molar-refractivity contribution in [2.75, 3.05) is 7.11 Å². The molecule has 0 aromatic carbocycles. The lowest BCUT2D eigenvalue weighted by Gasteiger charge is -2.15. The summed E-state index contributed by atoms with van der Waals surface area (Å²) < 4.78 is 5.04. The lowest BCUT2D eigenvalue weighted by molar-refractivity contribution is 0.397. The number of hydrogen-bond donors (Lipinski definition) is 1. The summed E-state index contributed by atoms with van der Waals surface area (Å²) in [6, 6.07) is 8.63. The molecule has 2 aromatic heterocycles. The van der Waals surface area contributed by atoms with E-state index in [-0.39, 0.29) is 0 Å². The Kier molecular flexibility index (Phi) is 4.73. The Labute approximate surface area is 112 Å². The van der Waals surface area contributed by atoms with Gasteiger partial charge < -0.3 is 10.1 Å². The molecule has 1 unspecified atom stereocenters. The van der Waals surface area contributed by atoms with Gasteiger partial charge in [0.15, 0.2) is 0 Å². The Balaban J connectivity index is 1.93. The van der Waals surface area contributed by atoms with Gasteiger partial charge in [0.2, 0.25) is 5.88 Å². The molecule has 4 heteroatoms. The van der Waals surface area contributed by atoms with E-state index >= 15 is 0 Å². The smallest absolute Gasteiger partial charge is 0.212 e. The van der Waals surface area contributed by atoms with Gasteiger partial charge in [-0.1, -0.05) is 19.1 Å². The van der Waals surface area contributed by atoms with Gasteiger partial charge in [0, 0.05) is 29.7 Å². The highest BCUT2D eigenvalue weighted by atomic mass is 32.1. The van der Waals surface area contributed by atoms with Crippen molar-refractivity contribution in [1.82, 2.24) is 10.3 Å². The third-order valence-electron chi connectivity index (χ3n) is 2.85. The summed E-state index contributed by atoms with van der Waals surface area (Å²) in [6.07, 6.45) is 2.94.